The average Bonchev–Trinajstić information content (AvgIpc) is 2.67. The Kier molecular flexibility index (Phi) is 4.69. The fourth-order valence-electron chi connectivity index (χ4n) is 1.80. The molecule has 8 heteroatoms. The van der Waals surface area contributed by atoms with Crippen LogP contribution in [0.3, 0.4) is 0 Å². The van der Waals surface area contributed by atoms with Crippen LogP contribution in [0, 0.1) is 0 Å². The molecule has 0 aliphatic carbocycles. The Labute approximate surface area is 125 Å². The van der Waals surface area contributed by atoms with Crippen LogP contribution in [-0.4, -0.2) is 35.7 Å². The highest BCUT2D eigenvalue weighted by molar-refractivity contribution is 6.42. The summed E-state index contributed by atoms with van der Waals surface area (Å²) in [5.74, 6) is 0.0550. The van der Waals surface area contributed by atoms with Gasteiger partial charge in [-0.3, -0.25) is 4.79 Å². The summed E-state index contributed by atoms with van der Waals surface area (Å²) in [7, 11) is 1.57. The SMILES string of the molecule is COCCNC(=O)Cn1c(N)nc2cc(Cl)c(Cl)cc21. The van der Waals surface area contributed by atoms with Gasteiger partial charge in [-0.1, -0.05) is 23.2 Å². The number of benzene rings is 1. The highest BCUT2D eigenvalue weighted by Crippen LogP contribution is 2.28. The van der Waals surface area contributed by atoms with Crippen molar-refractivity contribution >= 4 is 46.1 Å². The predicted molar refractivity (Wildman–Crippen MR) is 79.1 cm³/mol. The molecule has 0 aliphatic heterocycles. The summed E-state index contributed by atoms with van der Waals surface area (Å²) in [6.45, 7) is 0.950. The van der Waals surface area contributed by atoms with Gasteiger partial charge in [0.25, 0.3) is 0 Å². The number of anilines is 1. The van der Waals surface area contributed by atoms with Crippen LogP contribution in [0.1, 0.15) is 0 Å². The quantitative estimate of drug-likeness (QED) is 0.822. The minimum atomic E-state index is -0.181. The van der Waals surface area contributed by atoms with Crippen molar-refractivity contribution in [1.29, 1.82) is 0 Å². The van der Waals surface area contributed by atoms with Gasteiger partial charge in [0.2, 0.25) is 11.9 Å². The Morgan fingerprint density at radius 1 is 1.45 bits per heavy atom. The normalized spacial score (nSPS) is 10.9. The van der Waals surface area contributed by atoms with Crippen molar-refractivity contribution < 1.29 is 9.53 Å². The summed E-state index contributed by atoms with van der Waals surface area (Å²) < 4.78 is 6.44. The van der Waals surface area contributed by atoms with Crippen LogP contribution in [0.25, 0.3) is 11.0 Å². The van der Waals surface area contributed by atoms with Crippen molar-refractivity contribution in [2.45, 2.75) is 6.54 Å². The molecular weight excluding hydrogens is 303 g/mol. The first-order valence-corrected chi connectivity index (χ1v) is 6.65. The molecule has 0 atom stereocenters. The van der Waals surface area contributed by atoms with E-state index in [-0.39, 0.29) is 18.4 Å². The molecule has 0 spiro atoms. The third kappa shape index (κ3) is 3.15. The Bertz CT molecular complexity index is 642. The number of carbonyl (C=O) groups excluding carboxylic acids is 1. The zero-order valence-corrected chi connectivity index (χ0v) is 12.3. The number of ether oxygens (including phenoxy) is 1. The number of amides is 1. The number of carbonyl (C=O) groups is 1. The van der Waals surface area contributed by atoms with Gasteiger partial charge in [-0.05, 0) is 12.1 Å². The van der Waals surface area contributed by atoms with E-state index in [9.17, 15) is 4.79 Å². The molecule has 1 aromatic heterocycles. The third-order valence-electron chi connectivity index (χ3n) is 2.75. The molecule has 0 saturated carbocycles. The van der Waals surface area contributed by atoms with Gasteiger partial charge in [0.15, 0.2) is 0 Å². The van der Waals surface area contributed by atoms with Crippen molar-refractivity contribution in [3.8, 4) is 0 Å². The van der Waals surface area contributed by atoms with E-state index in [2.05, 4.69) is 10.3 Å². The summed E-state index contributed by atoms with van der Waals surface area (Å²) in [5, 5.41) is 3.50. The molecule has 2 aromatic rings. The van der Waals surface area contributed by atoms with Crippen LogP contribution in [0.5, 0.6) is 0 Å². The molecule has 20 heavy (non-hydrogen) atoms. The number of hydrogen-bond acceptors (Lipinski definition) is 4. The number of fused-ring (bicyclic) bond motifs is 1. The number of nitrogen functional groups attached to an aromatic ring is 1. The number of hydrogen-bond donors (Lipinski definition) is 2. The van der Waals surface area contributed by atoms with Crippen molar-refractivity contribution in [3.63, 3.8) is 0 Å². The third-order valence-corrected chi connectivity index (χ3v) is 3.47. The lowest BCUT2D eigenvalue weighted by molar-refractivity contribution is -0.121. The van der Waals surface area contributed by atoms with Crippen LogP contribution in [0.15, 0.2) is 12.1 Å². The maximum Gasteiger partial charge on any atom is 0.240 e. The number of methoxy groups -OCH3 is 1. The average molecular weight is 317 g/mol. The molecule has 0 saturated heterocycles. The van der Waals surface area contributed by atoms with E-state index in [1.807, 2.05) is 0 Å². The lowest BCUT2D eigenvalue weighted by Gasteiger charge is -2.08. The smallest absolute Gasteiger partial charge is 0.240 e. The zero-order chi connectivity index (χ0) is 14.7. The standard InChI is InChI=1S/C12H14Cl2N4O2/c1-20-3-2-16-11(19)6-18-10-5-8(14)7(13)4-9(10)17-12(18)15/h4-5H,2-3,6H2,1H3,(H2,15,17)(H,16,19). The molecule has 2 rings (SSSR count). The van der Waals surface area contributed by atoms with Gasteiger partial charge in [0, 0.05) is 13.7 Å². The summed E-state index contributed by atoms with van der Waals surface area (Å²) in [6, 6.07) is 3.26. The number of nitrogens with two attached hydrogens (primary N) is 1. The summed E-state index contributed by atoms with van der Waals surface area (Å²) >= 11 is 11.9. The van der Waals surface area contributed by atoms with Crippen LogP contribution < -0.4 is 11.1 Å². The molecule has 0 radical (unpaired) electrons. The molecule has 0 aliphatic rings. The Hall–Kier alpha value is -1.50. The zero-order valence-electron chi connectivity index (χ0n) is 10.8. The van der Waals surface area contributed by atoms with Crippen molar-refractivity contribution in [2.75, 3.05) is 26.0 Å². The number of nitrogens with zero attached hydrogens (tertiary/aromatic N) is 2. The minimum Gasteiger partial charge on any atom is -0.383 e. The molecule has 0 bridgehead atoms. The number of rotatable bonds is 5. The van der Waals surface area contributed by atoms with Crippen molar-refractivity contribution in [2.24, 2.45) is 0 Å². The molecule has 6 nitrogen and oxygen atoms in total. The van der Waals surface area contributed by atoms with Gasteiger partial charge in [0.1, 0.15) is 6.54 Å². The van der Waals surface area contributed by atoms with Crippen LogP contribution in [-0.2, 0) is 16.1 Å². The number of halogens is 2. The molecular formula is C12H14Cl2N4O2. The van der Waals surface area contributed by atoms with Crippen LogP contribution in [0.4, 0.5) is 5.95 Å². The van der Waals surface area contributed by atoms with Gasteiger partial charge in [0.05, 0.1) is 27.7 Å². The van der Waals surface area contributed by atoms with E-state index in [0.717, 1.165) is 0 Å². The topological polar surface area (TPSA) is 82.2 Å². The molecule has 108 valence electrons. The van der Waals surface area contributed by atoms with E-state index in [4.69, 9.17) is 33.7 Å². The van der Waals surface area contributed by atoms with Crippen molar-refractivity contribution in [3.05, 3.63) is 22.2 Å². The summed E-state index contributed by atoms with van der Waals surface area (Å²) in [5.41, 5.74) is 7.08. The second-order valence-electron chi connectivity index (χ2n) is 4.15. The van der Waals surface area contributed by atoms with Gasteiger partial charge in [-0.2, -0.15) is 0 Å². The molecule has 1 aromatic carbocycles. The van der Waals surface area contributed by atoms with E-state index < -0.39 is 0 Å². The van der Waals surface area contributed by atoms with Gasteiger partial charge >= 0.3 is 0 Å². The molecule has 1 heterocycles. The second kappa shape index (κ2) is 6.30. The minimum absolute atomic E-state index is 0.0595. The van der Waals surface area contributed by atoms with Gasteiger partial charge in [-0.25, -0.2) is 4.98 Å². The number of imidazole rings is 1. The lowest BCUT2D eigenvalue weighted by Crippen LogP contribution is -2.30. The predicted octanol–water partition coefficient (Wildman–Crippen LogP) is 1.69. The van der Waals surface area contributed by atoms with Crippen LogP contribution >= 0.6 is 23.2 Å². The summed E-state index contributed by atoms with van der Waals surface area (Å²) in [6.07, 6.45) is 0. The van der Waals surface area contributed by atoms with Crippen LogP contribution in [0.2, 0.25) is 10.0 Å². The van der Waals surface area contributed by atoms with Gasteiger partial charge in [-0.15, -0.1) is 0 Å². The number of nitrogens with one attached hydrogen (secondary N) is 1. The first-order chi connectivity index (χ1) is 9.52. The highest BCUT2D eigenvalue weighted by Gasteiger charge is 2.13. The summed E-state index contributed by atoms with van der Waals surface area (Å²) in [4.78, 5) is 16.0. The highest BCUT2D eigenvalue weighted by atomic mass is 35.5. The molecule has 0 fully saturated rings. The molecule has 1 amide bonds. The van der Waals surface area contributed by atoms with E-state index in [1.165, 1.54) is 0 Å². The van der Waals surface area contributed by atoms with E-state index in [0.29, 0.717) is 34.2 Å². The first-order valence-electron chi connectivity index (χ1n) is 5.89. The largest absolute Gasteiger partial charge is 0.383 e. The Morgan fingerprint density at radius 3 is 2.85 bits per heavy atom. The fourth-order valence-corrected chi connectivity index (χ4v) is 2.11. The van der Waals surface area contributed by atoms with E-state index in [1.54, 1.807) is 23.8 Å². The second-order valence-corrected chi connectivity index (χ2v) is 4.97. The lowest BCUT2D eigenvalue weighted by atomic mass is 10.3. The number of aromatic nitrogens is 2. The fraction of sp³-hybridized carbons (Fsp3) is 0.333. The monoisotopic (exact) mass is 316 g/mol. The Balaban J connectivity index is 2.23. The molecule has 3 N–H and O–H groups in total. The first kappa shape index (κ1) is 14.9. The van der Waals surface area contributed by atoms with Crippen molar-refractivity contribution in [1.82, 2.24) is 14.9 Å². The maximum atomic E-state index is 11.8. The van der Waals surface area contributed by atoms with Gasteiger partial charge < -0.3 is 20.4 Å². The van der Waals surface area contributed by atoms with E-state index >= 15 is 0 Å². The Morgan fingerprint density at radius 2 is 2.15 bits per heavy atom. The maximum absolute atomic E-state index is 11.8. The molecule has 0 unspecified atom stereocenters.